The SMILES string of the molecule is COC(=O)[C@H](NC(=O)[C@@H](CC(C)C)NC(=O)N(C[C@@H](O)[C@@H](Cc1ccccc1)NC(=O)[C@@H](CC(C)C)NC(=O)OC(C)(C)C)C(=O)c1ccccc1)C(C)C. The van der Waals surface area contributed by atoms with Gasteiger partial charge in [0.15, 0.2) is 0 Å². The van der Waals surface area contributed by atoms with Crippen LogP contribution in [0.25, 0.3) is 0 Å². The van der Waals surface area contributed by atoms with Gasteiger partial charge in [-0.05, 0) is 75.5 Å². The third-order valence-electron chi connectivity index (χ3n) is 8.43. The number of aliphatic hydroxyl groups excluding tert-OH is 1. The number of methoxy groups -OCH3 is 1. The molecule has 0 aliphatic carbocycles. The van der Waals surface area contributed by atoms with Gasteiger partial charge in [-0.3, -0.25) is 19.3 Å². The Kier molecular flexibility index (Phi) is 18.3. The number of carbonyl (C=O) groups is 6. The van der Waals surface area contributed by atoms with Crippen molar-refractivity contribution in [1.29, 1.82) is 0 Å². The highest BCUT2D eigenvalue weighted by Gasteiger charge is 2.35. The molecule has 0 saturated carbocycles. The first-order valence-corrected chi connectivity index (χ1v) is 18.8. The summed E-state index contributed by atoms with van der Waals surface area (Å²) in [6.07, 6.45) is -1.78. The molecule has 0 aliphatic rings. The number of ether oxygens (including phenoxy) is 2. The van der Waals surface area contributed by atoms with Gasteiger partial charge in [0.1, 0.15) is 23.7 Å². The van der Waals surface area contributed by atoms with Crippen LogP contribution in [0.4, 0.5) is 9.59 Å². The lowest BCUT2D eigenvalue weighted by Gasteiger charge is -2.32. The van der Waals surface area contributed by atoms with Crippen LogP contribution in [0.15, 0.2) is 60.7 Å². The van der Waals surface area contributed by atoms with Crippen molar-refractivity contribution in [2.75, 3.05) is 13.7 Å². The smallest absolute Gasteiger partial charge is 0.408 e. The molecule has 0 aliphatic heterocycles. The molecule has 2 aromatic rings. The Labute approximate surface area is 325 Å². The van der Waals surface area contributed by atoms with Crippen molar-refractivity contribution < 1.29 is 43.3 Å². The molecule has 0 fully saturated rings. The number of nitrogens with zero attached hydrogens (tertiary/aromatic N) is 1. The van der Waals surface area contributed by atoms with Crippen LogP contribution in [0.2, 0.25) is 0 Å². The lowest BCUT2D eigenvalue weighted by molar-refractivity contribution is -0.146. The molecule has 0 spiro atoms. The lowest BCUT2D eigenvalue weighted by Crippen LogP contribution is -2.59. The molecule has 2 rings (SSSR count). The number of carbonyl (C=O) groups excluding carboxylic acids is 6. The van der Waals surface area contributed by atoms with E-state index in [1.807, 2.05) is 45.9 Å². The number of imide groups is 1. The van der Waals surface area contributed by atoms with E-state index in [1.54, 1.807) is 65.0 Å². The maximum absolute atomic E-state index is 14.1. The number of nitrogens with one attached hydrogen (secondary N) is 4. The van der Waals surface area contributed by atoms with Crippen molar-refractivity contribution in [1.82, 2.24) is 26.2 Å². The number of esters is 1. The Hall–Kier alpha value is -4.98. The second kappa shape index (κ2) is 21.8. The van der Waals surface area contributed by atoms with Crippen LogP contribution >= 0.6 is 0 Å². The number of hydrogen-bond acceptors (Lipinski definition) is 9. The van der Waals surface area contributed by atoms with Crippen LogP contribution in [0.1, 0.15) is 91.1 Å². The molecule has 0 aromatic heterocycles. The van der Waals surface area contributed by atoms with E-state index in [4.69, 9.17) is 9.47 Å². The van der Waals surface area contributed by atoms with E-state index < -0.39 is 78.2 Å². The summed E-state index contributed by atoms with van der Waals surface area (Å²) in [6.45, 7) is 15.5. The number of benzene rings is 2. The van der Waals surface area contributed by atoms with Gasteiger partial charge in [0.05, 0.1) is 25.8 Å². The van der Waals surface area contributed by atoms with E-state index in [0.29, 0.717) is 0 Å². The summed E-state index contributed by atoms with van der Waals surface area (Å²) in [4.78, 5) is 81.6. The molecule has 14 heteroatoms. The fourth-order valence-corrected chi connectivity index (χ4v) is 5.70. The molecule has 6 amide bonds. The minimum Gasteiger partial charge on any atom is -0.467 e. The average Bonchev–Trinajstić information content (AvgIpc) is 3.10. The van der Waals surface area contributed by atoms with Gasteiger partial charge >= 0.3 is 18.1 Å². The fourth-order valence-electron chi connectivity index (χ4n) is 5.70. The molecule has 5 atom stereocenters. The summed E-state index contributed by atoms with van der Waals surface area (Å²) >= 11 is 0. The summed E-state index contributed by atoms with van der Waals surface area (Å²) in [6, 6.07) is 11.8. The van der Waals surface area contributed by atoms with E-state index in [1.165, 1.54) is 19.2 Å². The maximum atomic E-state index is 14.1. The minimum atomic E-state index is -1.52. The Morgan fingerprint density at radius 2 is 1.24 bits per heavy atom. The first-order valence-electron chi connectivity index (χ1n) is 18.8. The maximum Gasteiger partial charge on any atom is 0.408 e. The van der Waals surface area contributed by atoms with Gasteiger partial charge in [-0.15, -0.1) is 0 Å². The van der Waals surface area contributed by atoms with Crippen LogP contribution in [-0.4, -0.2) is 95.3 Å². The number of urea groups is 1. The number of hydrogen-bond donors (Lipinski definition) is 5. The number of aliphatic hydroxyl groups is 1. The van der Waals surface area contributed by atoms with E-state index in [9.17, 15) is 33.9 Å². The van der Waals surface area contributed by atoms with E-state index in [-0.39, 0.29) is 42.6 Å². The Morgan fingerprint density at radius 3 is 1.73 bits per heavy atom. The van der Waals surface area contributed by atoms with Crippen molar-refractivity contribution in [2.45, 2.75) is 117 Å². The van der Waals surface area contributed by atoms with Crippen molar-refractivity contribution in [2.24, 2.45) is 17.8 Å². The molecular formula is C41H61N5O9. The number of rotatable bonds is 18. The van der Waals surface area contributed by atoms with Crippen molar-refractivity contribution in [3.05, 3.63) is 71.8 Å². The van der Waals surface area contributed by atoms with Crippen LogP contribution in [0, 0.1) is 17.8 Å². The largest absolute Gasteiger partial charge is 0.467 e. The second-order valence-electron chi connectivity index (χ2n) is 15.9. The highest BCUT2D eigenvalue weighted by molar-refractivity contribution is 6.05. The van der Waals surface area contributed by atoms with Crippen LogP contribution in [0.5, 0.6) is 0 Å². The molecule has 0 bridgehead atoms. The Balaban J connectivity index is 2.51. The van der Waals surface area contributed by atoms with Crippen LogP contribution < -0.4 is 21.3 Å². The van der Waals surface area contributed by atoms with Gasteiger partial charge in [-0.1, -0.05) is 90.1 Å². The summed E-state index contributed by atoms with van der Waals surface area (Å²) < 4.78 is 10.3. The molecular weight excluding hydrogens is 706 g/mol. The highest BCUT2D eigenvalue weighted by atomic mass is 16.6. The van der Waals surface area contributed by atoms with Crippen LogP contribution in [-0.2, 0) is 30.3 Å². The zero-order valence-electron chi connectivity index (χ0n) is 33.9. The molecule has 0 unspecified atom stereocenters. The molecule has 5 N–H and O–H groups in total. The average molecular weight is 768 g/mol. The first kappa shape index (κ1) is 46.2. The predicted octanol–water partition coefficient (Wildman–Crippen LogP) is 4.59. The van der Waals surface area contributed by atoms with Gasteiger partial charge in [-0.25, -0.2) is 14.4 Å². The zero-order valence-corrected chi connectivity index (χ0v) is 33.9. The highest BCUT2D eigenvalue weighted by Crippen LogP contribution is 2.16. The standard InChI is InChI=1S/C41H61N5O9/c1-25(2)21-31(36(49)45-34(27(5)6)38(51)54-10)43-39(52)46(37(50)29-19-15-12-16-20-29)24-33(47)30(23-28-17-13-11-14-18-28)42-35(48)32(22-26(3)4)44-40(53)55-41(7,8)9/h11-20,25-27,30-34,47H,21-24H2,1-10H3,(H,42,48)(H,43,52)(H,44,53)(H,45,49)/t30-,31-,32-,33-,34-/m1/s1. The molecule has 0 heterocycles. The third-order valence-corrected chi connectivity index (χ3v) is 8.43. The Morgan fingerprint density at radius 1 is 0.727 bits per heavy atom. The van der Waals surface area contributed by atoms with Gasteiger partial charge in [-0.2, -0.15) is 0 Å². The fraction of sp³-hybridized carbons (Fsp3) is 0.561. The van der Waals surface area contributed by atoms with Crippen molar-refractivity contribution in [3.8, 4) is 0 Å². The summed E-state index contributed by atoms with van der Waals surface area (Å²) in [5.74, 6) is -3.07. The molecule has 14 nitrogen and oxygen atoms in total. The molecule has 0 saturated heterocycles. The number of alkyl carbamates (subject to hydrolysis) is 1. The van der Waals surface area contributed by atoms with Gasteiger partial charge < -0.3 is 35.8 Å². The molecule has 0 radical (unpaired) electrons. The minimum absolute atomic E-state index is 0.00899. The quantitative estimate of drug-likeness (QED) is 0.135. The summed E-state index contributed by atoms with van der Waals surface area (Å²) in [5, 5.41) is 22.7. The topological polar surface area (TPSA) is 192 Å². The predicted molar refractivity (Wildman–Crippen MR) is 209 cm³/mol. The van der Waals surface area contributed by atoms with Crippen LogP contribution in [0.3, 0.4) is 0 Å². The number of amides is 6. The third kappa shape index (κ3) is 16.1. The first-order chi connectivity index (χ1) is 25.7. The normalized spacial score (nSPS) is 14.2. The lowest BCUT2D eigenvalue weighted by atomic mass is 9.98. The Bertz CT molecular complexity index is 1560. The van der Waals surface area contributed by atoms with Crippen molar-refractivity contribution >= 4 is 35.8 Å². The van der Waals surface area contributed by atoms with E-state index in [0.717, 1.165) is 10.5 Å². The monoisotopic (exact) mass is 767 g/mol. The molecule has 55 heavy (non-hydrogen) atoms. The summed E-state index contributed by atoms with van der Waals surface area (Å²) in [5.41, 5.74) is 0.0793. The summed E-state index contributed by atoms with van der Waals surface area (Å²) in [7, 11) is 1.21. The van der Waals surface area contributed by atoms with Gasteiger partial charge in [0.2, 0.25) is 11.8 Å². The van der Waals surface area contributed by atoms with Gasteiger partial charge in [0, 0.05) is 5.56 Å². The van der Waals surface area contributed by atoms with E-state index >= 15 is 0 Å². The molecule has 304 valence electrons. The van der Waals surface area contributed by atoms with Crippen molar-refractivity contribution in [3.63, 3.8) is 0 Å². The zero-order chi connectivity index (χ0) is 41.5. The van der Waals surface area contributed by atoms with Gasteiger partial charge in [0.25, 0.3) is 5.91 Å². The van der Waals surface area contributed by atoms with E-state index in [2.05, 4.69) is 21.3 Å². The molecule has 2 aromatic carbocycles. The second-order valence-corrected chi connectivity index (χ2v) is 15.9.